The predicted octanol–water partition coefficient (Wildman–Crippen LogP) is 0.840. The minimum Gasteiger partial charge on any atom is -0.508 e. The Morgan fingerprint density at radius 1 is 1.13 bits per heavy atom. The number of phenols is 1. The van der Waals surface area contributed by atoms with Gasteiger partial charge >= 0.3 is 0 Å². The Labute approximate surface area is 90.7 Å². The molecule has 0 aromatic heterocycles. The van der Waals surface area contributed by atoms with Crippen LogP contribution in [0.3, 0.4) is 0 Å². The van der Waals surface area contributed by atoms with E-state index in [0.29, 0.717) is 5.75 Å². The van der Waals surface area contributed by atoms with E-state index in [1.165, 1.54) is 5.56 Å². The number of benzene rings is 1. The Hall–Kier alpha value is -1.06. The van der Waals surface area contributed by atoms with E-state index in [-0.39, 0.29) is 0 Å². The molecule has 3 heteroatoms. The number of rotatable bonds is 3. The maximum Gasteiger partial charge on any atom is 0.115 e. The summed E-state index contributed by atoms with van der Waals surface area (Å²) in [5.74, 6) is 0.348. The summed E-state index contributed by atoms with van der Waals surface area (Å²) in [5, 5.41) is 12.5. The Balaban J connectivity index is 1.79. The first-order valence-corrected chi connectivity index (χ1v) is 5.55. The molecule has 0 atom stereocenters. The monoisotopic (exact) mass is 206 g/mol. The van der Waals surface area contributed by atoms with Crippen LogP contribution in [-0.4, -0.2) is 42.7 Å². The molecule has 15 heavy (non-hydrogen) atoms. The van der Waals surface area contributed by atoms with Crippen LogP contribution in [0.2, 0.25) is 0 Å². The molecule has 82 valence electrons. The normalized spacial score (nSPS) is 17.9. The van der Waals surface area contributed by atoms with Gasteiger partial charge in [-0.25, -0.2) is 0 Å². The summed E-state index contributed by atoms with van der Waals surface area (Å²) in [7, 11) is 0. The lowest BCUT2D eigenvalue weighted by atomic mass is 10.1. The average molecular weight is 206 g/mol. The molecule has 1 aliphatic rings. The zero-order valence-corrected chi connectivity index (χ0v) is 8.95. The van der Waals surface area contributed by atoms with Gasteiger partial charge in [-0.1, -0.05) is 12.1 Å². The van der Waals surface area contributed by atoms with Gasteiger partial charge in [0.05, 0.1) is 0 Å². The lowest BCUT2D eigenvalue weighted by molar-refractivity contribution is 0.244. The first-order chi connectivity index (χ1) is 7.34. The number of aromatic hydroxyl groups is 1. The summed E-state index contributed by atoms with van der Waals surface area (Å²) in [4.78, 5) is 2.48. The molecule has 0 aliphatic carbocycles. The van der Waals surface area contributed by atoms with Gasteiger partial charge in [-0.05, 0) is 24.1 Å². The summed E-state index contributed by atoms with van der Waals surface area (Å²) in [6.45, 7) is 5.63. The van der Waals surface area contributed by atoms with Gasteiger partial charge in [0.25, 0.3) is 0 Å². The van der Waals surface area contributed by atoms with E-state index in [1.807, 2.05) is 12.1 Å². The highest BCUT2D eigenvalue weighted by Gasteiger charge is 2.08. The molecule has 0 spiro atoms. The smallest absolute Gasteiger partial charge is 0.115 e. The molecule has 1 fully saturated rings. The highest BCUT2D eigenvalue weighted by atomic mass is 16.3. The summed E-state index contributed by atoms with van der Waals surface area (Å²) in [6.07, 6.45) is 1.07. The largest absolute Gasteiger partial charge is 0.508 e. The predicted molar refractivity (Wildman–Crippen MR) is 61.1 cm³/mol. The summed E-state index contributed by atoms with van der Waals surface area (Å²) < 4.78 is 0. The van der Waals surface area contributed by atoms with E-state index < -0.39 is 0 Å². The van der Waals surface area contributed by atoms with Gasteiger partial charge in [-0.3, -0.25) is 0 Å². The number of hydrogen-bond donors (Lipinski definition) is 2. The molecule has 2 N–H and O–H groups in total. The van der Waals surface area contributed by atoms with Crippen LogP contribution in [0.4, 0.5) is 0 Å². The number of nitrogens with zero attached hydrogens (tertiary/aromatic N) is 1. The van der Waals surface area contributed by atoms with Gasteiger partial charge in [0.15, 0.2) is 0 Å². The van der Waals surface area contributed by atoms with Crippen molar-refractivity contribution in [1.82, 2.24) is 10.2 Å². The van der Waals surface area contributed by atoms with E-state index in [0.717, 1.165) is 39.1 Å². The summed E-state index contributed by atoms with van der Waals surface area (Å²) in [5.41, 5.74) is 1.30. The maximum atomic E-state index is 9.15. The van der Waals surface area contributed by atoms with Gasteiger partial charge in [0, 0.05) is 32.7 Å². The van der Waals surface area contributed by atoms with Gasteiger partial charge < -0.3 is 15.3 Å². The van der Waals surface area contributed by atoms with Crippen LogP contribution >= 0.6 is 0 Å². The molecule has 1 aliphatic heterocycles. The van der Waals surface area contributed by atoms with Crippen molar-refractivity contribution >= 4 is 0 Å². The van der Waals surface area contributed by atoms with E-state index >= 15 is 0 Å². The van der Waals surface area contributed by atoms with Crippen LogP contribution in [0.5, 0.6) is 5.75 Å². The van der Waals surface area contributed by atoms with Crippen molar-refractivity contribution in [3.8, 4) is 5.75 Å². The van der Waals surface area contributed by atoms with Gasteiger partial charge in [-0.2, -0.15) is 0 Å². The Morgan fingerprint density at radius 2 is 1.80 bits per heavy atom. The standard InChI is InChI=1S/C12H18N2O/c15-12-3-1-11(2-4-12)5-8-14-9-6-13-7-10-14/h1-4,13,15H,5-10H2. The summed E-state index contributed by atoms with van der Waals surface area (Å²) >= 11 is 0. The van der Waals surface area contributed by atoms with Crippen LogP contribution in [-0.2, 0) is 6.42 Å². The third kappa shape index (κ3) is 3.22. The molecule has 3 nitrogen and oxygen atoms in total. The Kier molecular flexibility index (Phi) is 3.59. The minimum absolute atomic E-state index is 0.348. The third-order valence-corrected chi connectivity index (χ3v) is 2.86. The minimum atomic E-state index is 0.348. The second-order valence-corrected chi connectivity index (χ2v) is 4.01. The highest BCUT2D eigenvalue weighted by Crippen LogP contribution is 2.10. The van der Waals surface area contributed by atoms with E-state index in [1.54, 1.807) is 12.1 Å². The van der Waals surface area contributed by atoms with Crippen LogP contribution in [0.1, 0.15) is 5.56 Å². The average Bonchev–Trinajstić information content (AvgIpc) is 2.30. The maximum absolute atomic E-state index is 9.15. The van der Waals surface area contributed by atoms with Crippen molar-refractivity contribution in [2.45, 2.75) is 6.42 Å². The molecule has 0 saturated carbocycles. The second kappa shape index (κ2) is 5.14. The first-order valence-electron chi connectivity index (χ1n) is 5.55. The SMILES string of the molecule is Oc1ccc(CCN2CCNCC2)cc1. The summed E-state index contributed by atoms with van der Waals surface area (Å²) in [6, 6.07) is 7.51. The van der Waals surface area contributed by atoms with Crippen LogP contribution in [0, 0.1) is 0 Å². The topological polar surface area (TPSA) is 35.5 Å². The van der Waals surface area contributed by atoms with Crippen molar-refractivity contribution < 1.29 is 5.11 Å². The molecule has 0 unspecified atom stereocenters. The Morgan fingerprint density at radius 3 is 2.47 bits per heavy atom. The van der Waals surface area contributed by atoms with Gasteiger partial charge in [0.2, 0.25) is 0 Å². The first kappa shape index (κ1) is 10.5. The zero-order valence-electron chi connectivity index (χ0n) is 8.95. The molecular weight excluding hydrogens is 188 g/mol. The number of phenolic OH excluding ortho intramolecular Hbond substituents is 1. The lowest BCUT2D eigenvalue weighted by Crippen LogP contribution is -2.44. The second-order valence-electron chi connectivity index (χ2n) is 4.01. The highest BCUT2D eigenvalue weighted by molar-refractivity contribution is 5.25. The van der Waals surface area contributed by atoms with Crippen LogP contribution in [0.15, 0.2) is 24.3 Å². The zero-order chi connectivity index (χ0) is 10.5. The van der Waals surface area contributed by atoms with Crippen molar-refractivity contribution in [3.05, 3.63) is 29.8 Å². The number of nitrogens with one attached hydrogen (secondary N) is 1. The molecule has 0 bridgehead atoms. The number of piperazine rings is 1. The third-order valence-electron chi connectivity index (χ3n) is 2.86. The Bertz CT molecular complexity index is 291. The van der Waals surface area contributed by atoms with Crippen molar-refractivity contribution in [3.63, 3.8) is 0 Å². The van der Waals surface area contributed by atoms with Gasteiger partial charge in [0.1, 0.15) is 5.75 Å². The fourth-order valence-corrected chi connectivity index (χ4v) is 1.88. The molecule has 0 amide bonds. The molecule has 1 saturated heterocycles. The molecule has 1 aromatic carbocycles. The molecule has 2 rings (SSSR count). The van der Waals surface area contributed by atoms with Crippen molar-refractivity contribution in [1.29, 1.82) is 0 Å². The molecule has 1 heterocycles. The lowest BCUT2D eigenvalue weighted by Gasteiger charge is -2.27. The van der Waals surface area contributed by atoms with E-state index in [9.17, 15) is 0 Å². The van der Waals surface area contributed by atoms with Crippen LogP contribution < -0.4 is 5.32 Å². The molecule has 0 radical (unpaired) electrons. The quantitative estimate of drug-likeness (QED) is 0.769. The van der Waals surface area contributed by atoms with E-state index in [2.05, 4.69) is 10.2 Å². The van der Waals surface area contributed by atoms with Crippen molar-refractivity contribution in [2.75, 3.05) is 32.7 Å². The number of hydrogen-bond acceptors (Lipinski definition) is 3. The van der Waals surface area contributed by atoms with Gasteiger partial charge in [-0.15, -0.1) is 0 Å². The van der Waals surface area contributed by atoms with E-state index in [4.69, 9.17) is 5.11 Å². The fraction of sp³-hybridized carbons (Fsp3) is 0.500. The fourth-order valence-electron chi connectivity index (χ4n) is 1.88. The molecule has 1 aromatic rings. The van der Waals surface area contributed by atoms with Crippen molar-refractivity contribution in [2.24, 2.45) is 0 Å². The molecular formula is C12H18N2O. The van der Waals surface area contributed by atoms with Crippen LogP contribution in [0.25, 0.3) is 0 Å².